The SMILES string of the molecule is Cc1noc(CCNCc2ccccc2OC(C)C)n1. The second-order valence-corrected chi connectivity index (χ2v) is 4.94. The molecule has 2 rings (SSSR count). The van der Waals surface area contributed by atoms with Gasteiger partial charge in [-0.05, 0) is 26.8 Å². The highest BCUT2D eigenvalue weighted by Gasteiger charge is 2.05. The molecule has 0 spiro atoms. The fraction of sp³-hybridized carbons (Fsp3) is 0.467. The highest BCUT2D eigenvalue weighted by atomic mass is 16.5. The molecular weight excluding hydrogens is 254 g/mol. The molecule has 0 aliphatic rings. The van der Waals surface area contributed by atoms with E-state index in [1.807, 2.05) is 39.0 Å². The third kappa shape index (κ3) is 4.35. The van der Waals surface area contributed by atoms with Crippen molar-refractivity contribution in [3.8, 4) is 5.75 Å². The van der Waals surface area contributed by atoms with E-state index >= 15 is 0 Å². The molecule has 108 valence electrons. The van der Waals surface area contributed by atoms with Gasteiger partial charge in [-0.3, -0.25) is 0 Å². The van der Waals surface area contributed by atoms with Gasteiger partial charge in [0.15, 0.2) is 5.82 Å². The predicted octanol–water partition coefficient (Wildman–Crippen LogP) is 2.50. The van der Waals surface area contributed by atoms with Gasteiger partial charge in [-0.15, -0.1) is 0 Å². The first kappa shape index (κ1) is 14.5. The van der Waals surface area contributed by atoms with Crippen molar-refractivity contribution in [1.82, 2.24) is 15.5 Å². The van der Waals surface area contributed by atoms with Crippen LogP contribution in [0.25, 0.3) is 0 Å². The van der Waals surface area contributed by atoms with Gasteiger partial charge >= 0.3 is 0 Å². The fourth-order valence-electron chi connectivity index (χ4n) is 1.88. The first-order valence-electron chi connectivity index (χ1n) is 6.89. The van der Waals surface area contributed by atoms with Crippen LogP contribution in [-0.4, -0.2) is 22.8 Å². The van der Waals surface area contributed by atoms with E-state index in [1.165, 1.54) is 0 Å². The number of hydrogen-bond acceptors (Lipinski definition) is 5. The summed E-state index contributed by atoms with van der Waals surface area (Å²) in [5.41, 5.74) is 1.16. The summed E-state index contributed by atoms with van der Waals surface area (Å²) in [7, 11) is 0. The number of rotatable bonds is 7. The standard InChI is InChI=1S/C15H21N3O2/c1-11(2)19-14-7-5-4-6-13(14)10-16-9-8-15-17-12(3)18-20-15/h4-7,11,16H,8-10H2,1-3H3. The van der Waals surface area contributed by atoms with E-state index < -0.39 is 0 Å². The zero-order valence-electron chi connectivity index (χ0n) is 12.2. The molecule has 0 amide bonds. The van der Waals surface area contributed by atoms with Gasteiger partial charge in [0.2, 0.25) is 5.89 Å². The number of aromatic nitrogens is 2. The lowest BCUT2D eigenvalue weighted by Gasteiger charge is -2.14. The van der Waals surface area contributed by atoms with Crippen molar-refractivity contribution in [3.63, 3.8) is 0 Å². The van der Waals surface area contributed by atoms with Gasteiger partial charge in [-0.1, -0.05) is 23.4 Å². The molecule has 1 heterocycles. The molecule has 0 aliphatic heterocycles. The van der Waals surface area contributed by atoms with Crippen molar-refractivity contribution in [2.24, 2.45) is 0 Å². The number of nitrogens with zero attached hydrogens (tertiary/aromatic N) is 2. The van der Waals surface area contributed by atoms with Crippen LogP contribution >= 0.6 is 0 Å². The lowest BCUT2D eigenvalue weighted by molar-refractivity contribution is 0.239. The summed E-state index contributed by atoms with van der Waals surface area (Å²) in [4.78, 5) is 4.17. The van der Waals surface area contributed by atoms with Crippen molar-refractivity contribution < 1.29 is 9.26 Å². The third-order valence-electron chi connectivity index (χ3n) is 2.74. The van der Waals surface area contributed by atoms with E-state index in [1.54, 1.807) is 0 Å². The van der Waals surface area contributed by atoms with E-state index in [2.05, 4.69) is 21.5 Å². The molecule has 0 aliphatic carbocycles. The van der Waals surface area contributed by atoms with Crippen LogP contribution in [0.15, 0.2) is 28.8 Å². The van der Waals surface area contributed by atoms with Crippen molar-refractivity contribution in [2.75, 3.05) is 6.54 Å². The van der Waals surface area contributed by atoms with Crippen LogP contribution in [0.2, 0.25) is 0 Å². The van der Waals surface area contributed by atoms with Gasteiger partial charge < -0.3 is 14.6 Å². The summed E-state index contributed by atoms with van der Waals surface area (Å²) in [5, 5.41) is 7.13. The zero-order chi connectivity index (χ0) is 14.4. The maximum Gasteiger partial charge on any atom is 0.227 e. The molecule has 5 nitrogen and oxygen atoms in total. The highest BCUT2D eigenvalue weighted by molar-refractivity contribution is 5.33. The normalized spacial score (nSPS) is 11.0. The minimum Gasteiger partial charge on any atom is -0.491 e. The molecule has 5 heteroatoms. The van der Waals surface area contributed by atoms with Gasteiger partial charge in [-0.25, -0.2) is 0 Å². The summed E-state index contributed by atoms with van der Waals surface area (Å²) in [6.07, 6.45) is 0.908. The Labute approximate surface area is 119 Å². The average Bonchev–Trinajstić information content (AvgIpc) is 2.81. The van der Waals surface area contributed by atoms with Crippen LogP contribution in [0.5, 0.6) is 5.75 Å². The molecule has 1 aromatic heterocycles. The van der Waals surface area contributed by atoms with Gasteiger partial charge in [-0.2, -0.15) is 4.98 Å². The van der Waals surface area contributed by atoms with Crippen LogP contribution < -0.4 is 10.1 Å². The van der Waals surface area contributed by atoms with Crippen LogP contribution in [-0.2, 0) is 13.0 Å². The number of nitrogens with one attached hydrogen (secondary N) is 1. The molecular formula is C15H21N3O2. The highest BCUT2D eigenvalue weighted by Crippen LogP contribution is 2.18. The van der Waals surface area contributed by atoms with Crippen LogP contribution in [0.1, 0.15) is 31.1 Å². The molecule has 0 atom stereocenters. The number of benzene rings is 1. The van der Waals surface area contributed by atoms with Crippen LogP contribution in [0.4, 0.5) is 0 Å². The van der Waals surface area contributed by atoms with E-state index in [4.69, 9.17) is 9.26 Å². The van der Waals surface area contributed by atoms with Crippen molar-refractivity contribution in [1.29, 1.82) is 0 Å². The topological polar surface area (TPSA) is 60.2 Å². The Balaban J connectivity index is 1.81. The van der Waals surface area contributed by atoms with E-state index in [0.29, 0.717) is 11.7 Å². The van der Waals surface area contributed by atoms with Crippen molar-refractivity contribution >= 4 is 0 Å². The lowest BCUT2D eigenvalue weighted by atomic mass is 10.2. The monoisotopic (exact) mass is 275 g/mol. The van der Waals surface area contributed by atoms with Gasteiger partial charge in [0.05, 0.1) is 6.10 Å². The molecule has 0 radical (unpaired) electrons. The molecule has 20 heavy (non-hydrogen) atoms. The summed E-state index contributed by atoms with van der Waals surface area (Å²) >= 11 is 0. The Bertz CT molecular complexity index is 537. The van der Waals surface area contributed by atoms with Crippen LogP contribution in [0, 0.1) is 6.92 Å². The Morgan fingerprint density at radius 2 is 2.10 bits per heavy atom. The summed E-state index contributed by atoms with van der Waals surface area (Å²) < 4.78 is 10.9. The molecule has 2 aromatic rings. The van der Waals surface area contributed by atoms with Crippen molar-refractivity contribution in [3.05, 3.63) is 41.5 Å². The van der Waals surface area contributed by atoms with Gasteiger partial charge in [0.1, 0.15) is 5.75 Å². The van der Waals surface area contributed by atoms with Crippen LogP contribution in [0.3, 0.4) is 0 Å². The molecule has 1 N–H and O–H groups in total. The quantitative estimate of drug-likeness (QED) is 0.787. The largest absolute Gasteiger partial charge is 0.491 e. The molecule has 0 bridgehead atoms. The summed E-state index contributed by atoms with van der Waals surface area (Å²) in [6, 6.07) is 8.08. The minimum absolute atomic E-state index is 0.178. The van der Waals surface area contributed by atoms with E-state index in [9.17, 15) is 0 Å². The smallest absolute Gasteiger partial charge is 0.227 e. The Kier molecular flexibility index (Phi) is 5.12. The van der Waals surface area contributed by atoms with Gasteiger partial charge in [0.25, 0.3) is 0 Å². The van der Waals surface area contributed by atoms with E-state index in [-0.39, 0.29) is 6.10 Å². The maximum absolute atomic E-state index is 5.78. The molecule has 1 aromatic carbocycles. The number of para-hydroxylation sites is 1. The lowest BCUT2D eigenvalue weighted by Crippen LogP contribution is -2.18. The predicted molar refractivity (Wildman–Crippen MR) is 76.7 cm³/mol. The molecule has 0 saturated heterocycles. The van der Waals surface area contributed by atoms with Crippen molar-refractivity contribution in [2.45, 2.75) is 39.8 Å². The Morgan fingerprint density at radius 3 is 2.80 bits per heavy atom. The second kappa shape index (κ2) is 7.05. The number of aryl methyl sites for hydroxylation is 1. The zero-order valence-corrected chi connectivity index (χ0v) is 12.2. The third-order valence-corrected chi connectivity index (χ3v) is 2.74. The first-order chi connectivity index (χ1) is 9.65. The minimum atomic E-state index is 0.178. The Hall–Kier alpha value is -1.88. The Morgan fingerprint density at radius 1 is 1.30 bits per heavy atom. The van der Waals surface area contributed by atoms with E-state index in [0.717, 1.165) is 30.8 Å². The fourth-order valence-corrected chi connectivity index (χ4v) is 1.88. The summed E-state index contributed by atoms with van der Waals surface area (Å²) in [5.74, 6) is 2.28. The summed E-state index contributed by atoms with van der Waals surface area (Å²) in [6.45, 7) is 7.43. The first-order valence-corrected chi connectivity index (χ1v) is 6.89. The molecule has 0 fully saturated rings. The number of ether oxygens (including phenoxy) is 1. The molecule has 0 saturated carbocycles. The maximum atomic E-state index is 5.78. The number of hydrogen-bond donors (Lipinski definition) is 1. The average molecular weight is 275 g/mol. The second-order valence-electron chi connectivity index (χ2n) is 4.94. The van der Waals surface area contributed by atoms with Gasteiger partial charge in [0, 0.05) is 25.1 Å². The molecule has 0 unspecified atom stereocenters.